The highest BCUT2D eigenvalue weighted by molar-refractivity contribution is 6.18. The molecule has 0 amide bonds. The molecular weight excluding hydrogens is 174 g/mol. The van der Waals surface area contributed by atoms with Crippen molar-refractivity contribution in [3.8, 4) is 0 Å². The lowest BCUT2D eigenvalue weighted by atomic mass is 10.3. The number of alkyl halides is 1. The van der Waals surface area contributed by atoms with Crippen molar-refractivity contribution in [1.29, 1.82) is 0 Å². The second-order valence-electron chi connectivity index (χ2n) is 2.94. The third-order valence-corrected chi connectivity index (χ3v) is 1.89. The number of nitrogens with zero attached hydrogens (tertiary/aromatic N) is 1. The van der Waals surface area contributed by atoms with Crippen molar-refractivity contribution in [3.05, 3.63) is 12.2 Å². The van der Waals surface area contributed by atoms with Crippen LogP contribution in [0.15, 0.2) is 12.2 Å². The van der Waals surface area contributed by atoms with Gasteiger partial charge in [-0.15, -0.1) is 11.6 Å². The highest BCUT2D eigenvalue weighted by Gasteiger charge is 2.05. The van der Waals surface area contributed by atoms with Crippen molar-refractivity contribution in [1.82, 2.24) is 4.90 Å². The van der Waals surface area contributed by atoms with E-state index in [2.05, 4.69) is 18.7 Å². The van der Waals surface area contributed by atoms with Crippen LogP contribution >= 0.6 is 11.6 Å². The first-order chi connectivity index (χ1) is 5.72. The Morgan fingerprint density at radius 2 is 2.08 bits per heavy atom. The highest BCUT2D eigenvalue weighted by Crippen LogP contribution is 1.97. The molecule has 0 radical (unpaired) electrons. The van der Waals surface area contributed by atoms with E-state index in [1.165, 1.54) is 0 Å². The van der Waals surface area contributed by atoms with Gasteiger partial charge in [-0.05, 0) is 13.8 Å². The minimum absolute atomic E-state index is 0.215. The molecule has 0 heterocycles. The largest absolute Gasteiger partial charge is 0.395 e. The molecule has 0 aliphatic heterocycles. The molecule has 0 bridgehead atoms. The Kier molecular flexibility index (Phi) is 7.56. The van der Waals surface area contributed by atoms with Crippen molar-refractivity contribution in [3.63, 3.8) is 0 Å². The van der Waals surface area contributed by atoms with E-state index >= 15 is 0 Å². The molecular formula is C9H18ClNO. The van der Waals surface area contributed by atoms with Gasteiger partial charge in [0.05, 0.1) is 6.61 Å². The van der Waals surface area contributed by atoms with Crippen LogP contribution in [0, 0.1) is 0 Å². The molecule has 0 aromatic carbocycles. The summed E-state index contributed by atoms with van der Waals surface area (Å²) >= 11 is 5.49. The summed E-state index contributed by atoms with van der Waals surface area (Å²) in [4.78, 5) is 2.18. The van der Waals surface area contributed by atoms with Crippen LogP contribution in [0.4, 0.5) is 0 Å². The maximum atomic E-state index is 8.75. The van der Waals surface area contributed by atoms with Crippen molar-refractivity contribution < 1.29 is 5.11 Å². The molecule has 0 atom stereocenters. The minimum atomic E-state index is 0.215. The number of aliphatic hydroxyl groups excluding tert-OH is 1. The molecule has 0 aliphatic carbocycles. The Morgan fingerprint density at radius 1 is 1.42 bits per heavy atom. The summed E-state index contributed by atoms with van der Waals surface area (Å²) in [5.41, 5.74) is 0. The Balaban J connectivity index is 3.70. The predicted octanol–water partition coefficient (Wildman–Crippen LogP) is 1.48. The van der Waals surface area contributed by atoms with Gasteiger partial charge in [-0.3, -0.25) is 4.90 Å². The van der Waals surface area contributed by atoms with E-state index in [9.17, 15) is 0 Å². The summed E-state index contributed by atoms with van der Waals surface area (Å²) in [7, 11) is 0. The van der Waals surface area contributed by atoms with Gasteiger partial charge in [0.1, 0.15) is 0 Å². The van der Waals surface area contributed by atoms with E-state index in [1.54, 1.807) is 0 Å². The van der Waals surface area contributed by atoms with Crippen LogP contribution in [0.25, 0.3) is 0 Å². The first-order valence-electron chi connectivity index (χ1n) is 4.28. The maximum absolute atomic E-state index is 8.75. The number of hydrogen-bond acceptors (Lipinski definition) is 2. The lowest BCUT2D eigenvalue weighted by Crippen LogP contribution is -2.33. The Bertz CT molecular complexity index is 126. The fourth-order valence-electron chi connectivity index (χ4n) is 0.962. The zero-order valence-electron chi connectivity index (χ0n) is 7.83. The summed E-state index contributed by atoms with van der Waals surface area (Å²) < 4.78 is 0. The molecule has 0 rings (SSSR count). The SMILES string of the molecule is CC(C)N(CC=CCCl)CCO. The van der Waals surface area contributed by atoms with Gasteiger partial charge in [0.2, 0.25) is 0 Å². The molecule has 0 aromatic rings. The van der Waals surface area contributed by atoms with E-state index in [4.69, 9.17) is 16.7 Å². The van der Waals surface area contributed by atoms with Crippen molar-refractivity contribution >= 4 is 11.6 Å². The Labute approximate surface area is 79.8 Å². The summed E-state index contributed by atoms with van der Waals surface area (Å²) in [5, 5.41) is 8.75. The van der Waals surface area contributed by atoms with Crippen LogP contribution in [0.3, 0.4) is 0 Å². The van der Waals surface area contributed by atoms with Gasteiger partial charge in [-0.25, -0.2) is 0 Å². The van der Waals surface area contributed by atoms with Crippen LogP contribution in [-0.4, -0.2) is 41.6 Å². The van der Waals surface area contributed by atoms with Crippen molar-refractivity contribution in [2.24, 2.45) is 0 Å². The fourth-order valence-corrected chi connectivity index (χ4v) is 1.09. The molecule has 72 valence electrons. The Hall–Kier alpha value is -0.0500. The lowest BCUT2D eigenvalue weighted by molar-refractivity contribution is 0.180. The second kappa shape index (κ2) is 7.59. The molecule has 0 saturated carbocycles. The van der Waals surface area contributed by atoms with Gasteiger partial charge in [0.15, 0.2) is 0 Å². The summed E-state index contributed by atoms with van der Waals surface area (Å²) in [6.45, 7) is 6.04. The first kappa shape index (κ1) is 11.9. The van der Waals surface area contributed by atoms with Crippen LogP contribution in [-0.2, 0) is 0 Å². The topological polar surface area (TPSA) is 23.5 Å². The molecule has 3 heteroatoms. The van der Waals surface area contributed by atoms with Gasteiger partial charge in [-0.2, -0.15) is 0 Å². The molecule has 0 saturated heterocycles. The average Bonchev–Trinajstić information content (AvgIpc) is 2.03. The summed E-state index contributed by atoms with van der Waals surface area (Å²) in [6, 6.07) is 0.470. The number of rotatable bonds is 6. The van der Waals surface area contributed by atoms with Crippen molar-refractivity contribution in [2.45, 2.75) is 19.9 Å². The number of hydrogen-bond donors (Lipinski definition) is 1. The van der Waals surface area contributed by atoms with E-state index in [-0.39, 0.29) is 6.61 Å². The molecule has 0 aromatic heterocycles. The zero-order chi connectivity index (χ0) is 9.40. The number of allylic oxidation sites excluding steroid dienone is 1. The molecule has 0 unspecified atom stereocenters. The van der Waals surface area contributed by atoms with Gasteiger partial charge < -0.3 is 5.11 Å². The molecule has 1 N–H and O–H groups in total. The molecule has 0 aliphatic rings. The highest BCUT2D eigenvalue weighted by atomic mass is 35.5. The van der Waals surface area contributed by atoms with Crippen LogP contribution in [0.5, 0.6) is 0 Å². The van der Waals surface area contributed by atoms with Gasteiger partial charge in [0, 0.05) is 25.0 Å². The minimum Gasteiger partial charge on any atom is -0.395 e. The van der Waals surface area contributed by atoms with Crippen LogP contribution < -0.4 is 0 Å². The molecule has 12 heavy (non-hydrogen) atoms. The average molecular weight is 192 g/mol. The van der Waals surface area contributed by atoms with Gasteiger partial charge >= 0.3 is 0 Å². The van der Waals surface area contributed by atoms with Crippen molar-refractivity contribution in [2.75, 3.05) is 25.6 Å². The van der Waals surface area contributed by atoms with Crippen LogP contribution in [0.1, 0.15) is 13.8 Å². The predicted molar refractivity (Wildman–Crippen MR) is 53.7 cm³/mol. The van der Waals surface area contributed by atoms with Crippen LogP contribution in [0.2, 0.25) is 0 Å². The third kappa shape index (κ3) is 5.58. The van der Waals surface area contributed by atoms with E-state index in [0.29, 0.717) is 11.9 Å². The lowest BCUT2D eigenvalue weighted by Gasteiger charge is -2.23. The first-order valence-corrected chi connectivity index (χ1v) is 4.81. The van der Waals surface area contributed by atoms with E-state index in [0.717, 1.165) is 13.1 Å². The Morgan fingerprint density at radius 3 is 2.50 bits per heavy atom. The zero-order valence-corrected chi connectivity index (χ0v) is 8.59. The quantitative estimate of drug-likeness (QED) is 0.508. The fraction of sp³-hybridized carbons (Fsp3) is 0.778. The molecule has 2 nitrogen and oxygen atoms in total. The smallest absolute Gasteiger partial charge is 0.0558 e. The van der Waals surface area contributed by atoms with E-state index < -0.39 is 0 Å². The number of aliphatic hydroxyl groups is 1. The normalized spacial score (nSPS) is 12.2. The summed E-state index contributed by atoms with van der Waals surface area (Å²) in [5.74, 6) is 0.561. The second-order valence-corrected chi connectivity index (χ2v) is 3.25. The third-order valence-electron chi connectivity index (χ3n) is 1.71. The number of halogens is 1. The maximum Gasteiger partial charge on any atom is 0.0558 e. The standard InChI is InChI=1S/C9H18ClNO/c1-9(2)11(7-8-12)6-4-3-5-10/h3-4,9,12H,5-8H2,1-2H3. The molecule has 0 fully saturated rings. The van der Waals surface area contributed by atoms with E-state index in [1.807, 2.05) is 12.2 Å². The molecule has 0 spiro atoms. The summed E-state index contributed by atoms with van der Waals surface area (Å²) in [6.07, 6.45) is 3.96. The van der Waals surface area contributed by atoms with Gasteiger partial charge in [-0.1, -0.05) is 12.2 Å². The monoisotopic (exact) mass is 191 g/mol. The van der Waals surface area contributed by atoms with Gasteiger partial charge in [0.25, 0.3) is 0 Å².